The summed E-state index contributed by atoms with van der Waals surface area (Å²) in [4.78, 5) is 13.8. The number of anilines is 1. The number of carbonyl (C=O) groups excluding carboxylic acids is 1. The third kappa shape index (κ3) is 2.78. The molecular formula is C14H20N2O. The second kappa shape index (κ2) is 5.21. The van der Waals surface area contributed by atoms with Crippen LogP contribution in [0.5, 0.6) is 0 Å². The minimum atomic E-state index is 0.291. The van der Waals surface area contributed by atoms with Crippen LogP contribution in [0.25, 0.3) is 0 Å². The van der Waals surface area contributed by atoms with Crippen LogP contribution in [0, 0.1) is 0 Å². The molecule has 17 heavy (non-hydrogen) atoms. The molecule has 1 unspecified atom stereocenters. The molecule has 1 saturated heterocycles. The molecule has 0 radical (unpaired) electrons. The number of nitrogen functional groups attached to an aromatic ring is 1. The van der Waals surface area contributed by atoms with E-state index in [-0.39, 0.29) is 0 Å². The van der Waals surface area contributed by atoms with Crippen molar-refractivity contribution in [2.24, 2.45) is 0 Å². The highest BCUT2D eigenvalue weighted by molar-refractivity contribution is 5.76. The van der Waals surface area contributed by atoms with Crippen LogP contribution in [0.1, 0.15) is 37.7 Å². The number of amides is 1. The molecule has 0 spiro atoms. The molecule has 2 N–H and O–H groups in total. The Morgan fingerprint density at radius 3 is 3.06 bits per heavy atom. The highest BCUT2D eigenvalue weighted by atomic mass is 16.2. The molecule has 1 aromatic rings. The van der Waals surface area contributed by atoms with Gasteiger partial charge >= 0.3 is 0 Å². The van der Waals surface area contributed by atoms with E-state index in [2.05, 4.69) is 6.07 Å². The standard InChI is InChI=1S/C14H20N2O/c1-2-4-14(17)16-8-7-12(10-16)11-5-3-6-13(15)9-11/h3,5-6,9,12H,2,4,7-8,10,15H2,1H3. The van der Waals surface area contributed by atoms with Gasteiger partial charge in [0, 0.05) is 31.1 Å². The number of hydrogen-bond acceptors (Lipinski definition) is 2. The smallest absolute Gasteiger partial charge is 0.222 e. The van der Waals surface area contributed by atoms with Crippen molar-refractivity contribution >= 4 is 11.6 Å². The average molecular weight is 232 g/mol. The van der Waals surface area contributed by atoms with Crippen molar-refractivity contribution in [3.63, 3.8) is 0 Å². The summed E-state index contributed by atoms with van der Waals surface area (Å²) >= 11 is 0. The molecule has 2 rings (SSSR count). The van der Waals surface area contributed by atoms with Crippen molar-refractivity contribution < 1.29 is 4.79 Å². The first-order valence-corrected chi connectivity index (χ1v) is 6.34. The molecule has 0 saturated carbocycles. The SMILES string of the molecule is CCCC(=O)N1CCC(c2cccc(N)c2)C1. The van der Waals surface area contributed by atoms with Gasteiger partial charge in [0.15, 0.2) is 0 Å². The lowest BCUT2D eigenvalue weighted by molar-refractivity contribution is -0.130. The molecule has 1 amide bonds. The van der Waals surface area contributed by atoms with Gasteiger partial charge in [0.1, 0.15) is 0 Å². The molecule has 1 aliphatic rings. The van der Waals surface area contributed by atoms with E-state index in [1.165, 1.54) is 5.56 Å². The number of hydrogen-bond donors (Lipinski definition) is 1. The van der Waals surface area contributed by atoms with Crippen molar-refractivity contribution in [3.05, 3.63) is 29.8 Å². The second-order valence-electron chi connectivity index (χ2n) is 4.75. The van der Waals surface area contributed by atoms with Crippen LogP contribution in [0.3, 0.4) is 0 Å². The summed E-state index contributed by atoms with van der Waals surface area (Å²) in [6, 6.07) is 8.02. The maximum Gasteiger partial charge on any atom is 0.222 e. The molecule has 92 valence electrons. The fraction of sp³-hybridized carbons (Fsp3) is 0.500. The van der Waals surface area contributed by atoms with E-state index in [0.29, 0.717) is 18.2 Å². The van der Waals surface area contributed by atoms with Crippen LogP contribution in [0.15, 0.2) is 24.3 Å². The van der Waals surface area contributed by atoms with E-state index in [9.17, 15) is 4.79 Å². The molecule has 1 atom stereocenters. The third-order valence-corrected chi connectivity index (χ3v) is 3.39. The fourth-order valence-electron chi connectivity index (χ4n) is 2.44. The monoisotopic (exact) mass is 232 g/mol. The number of nitrogens with two attached hydrogens (primary N) is 1. The van der Waals surface area contributed by atoms with Crippen LogP contribution >= 0.6 is 0 Å². The Labute approximate surface area is 103 Å². The van der Waals surface area contributed by atoms with E-state index in [4.69, 9.17) is 5.73 Å². The van der Waals surface area contributed by atoms with Crippen molar-refractivity contribution in [2.75, 3.05) is 18.8 Å². The molecule has 0 aromatic heterocycles. The largest absolute Gasteiger partial charge is 0.399 e. The molecule has 3 heteroatoms. The Morgan fingerprint density at radius 1 is 1.53 bits per heavy atom. The van der Waals surface area contributed by atoms with Crippen LogP contribution in [-0.4, -0.2) is 23.9 Å². The van der Waals surface area contributed by atoms with E-state index in [0.717, 1.165) is 31.6 Å². The Bertz CT molecular complexity index is 403. The third-order valence-electron chi connectivity index (χ3n) is 3.39. The lowest BCUT2D eigenvalue weighted by Gasteiger charge is -2.16. The van der Waals surface area contributed by atoms with E-state index in [1.807, 2.05) is 30.0 Å². The Morgan fingerprint density at radius 2 is 2.35 bits per heavy atom. The molecule has 1 fully saturated rings. The molecule has 3 nitrogen and oxygen atoms in total. The normalized spacial score (nSPS) is 19.6. The molecule has 0 bridgehead atoms. The molecular weight excluding hydrogens is 212 g/mol. The first-order chi connectivity index (χ1) is 8.20. The lowest BCUT2D eigenvalue weighted by Crippen LogP contribution is -2.27. The highest BCUT2D eigenvalue weighted by Crippen LogP contribution is 2.28. The first-order valence-electron chi connectivity index (χ1n) is 6.34. The summed E-state index contributed by atoms with van der Waals surface area (Å²) in [6.45, 7) is 3.78. The van der Waals surface area contributed by atoms with Gasteiger partial charge in [0.2, 0.25) is 5.91 Å². The lowest BCUT2D eigenvalue weighted by atomic mass is 9.98. The number of likely N-dealkylation sites (tertiary alicyclic amines) is 1. The maximum absolute atomic E-state index is 11.8. The van der Waals surface area contributed by atoms with Gasteiger partial charge in [-0.3, -0.25) is 4.79 Å². The van der Waals surface area contributed by atoms with Gasteiger partial charge in [-0.05, 0) is 30.5 Å². The zero-order valence-corrected chi connectivity index (χ0v) is 10.4. The number of carbonyl (C=O) groups is 1. The van der Waals surface area contributed by atoms with Crippen molar-refractivity contribution in [3.8, 4) is 0 Å². The summed E-state index contributed by atoms with van der Waals surface area (Å²) in [5, 5.41) is 0. The summed E-state index contributed by atoms with van der Waals surface area (Å²) in [6.07, 6.45) is 2.65. The fourth-order valence-corrected chi connectivity index (χ4v) is 2.44. The Kier molecular flexibility index (Phi) is 3.67. The van der Waals surface area contributed by atoms with Gasteiger partial charge in [-0.25, -0.2) is 0 Å². The van der Waals surface area contributed by atoms with E-state index < -0.39 is 0 Å². The second-order valence-corrected chi connectivity index (χ2v) is 4.75. The van der Waals surface area contributed by atoms with Crippen LogP contribution in [0.4, 0.5) is 5.69 Å². The maximum atomic E-state index is 11.8. The van der Waals surface area contributed by atoms with Gasteiger partial charge in [0.05, 0.1) is 0 Å². The van der Waals surface area contributed by atoms with E-state index >= 15 is 0 Å². The quantitative estimate of drug-likeness (QED) is 0.813. The predicted octanol–water partition coefficient (Wildman–Crippen LogP) is 2.38. The topological polar surface area (TPSA) is 46.3 Å². The minimum Gasteiger partial charge on any atom is -0.399 e. The van der Waals surface area contributed by atoms with Gasteiger partial charge in [-0.2, -0.15) is 0 Å². The number of rotatable bonds is 3. The average Bonchev–Trinajstić information content (AvgIpc) is 2.78. The van der Waals surface area contributed by atoms with Crippen LogP contribution in [-0.2, 0) is 4.79 Å². The van der Waals surface area contributed by atoms with Crippen molar-refractivity contribution in [2.45, 2.75) is 32.1 Å². The van der Waals surface area contributed by atoms with Gasteiger partial charge in [-0.15, -0.1) is 0 Å². The zero-order chi connectivity index (χ0) is 12.3. The highest BCUT2D eigenvalue weighted by Gasteiger charge is 2.26. The van der Waals surface area contributed by atoms with Gasteiger partial charge in [-0.1, -0.05) is 19.1 Å². The van der Waals surface area contributed by atoms with Crippen molar-refractivity contribution in [1.82, 2.24) is 4.90 Å². The number of benzene rings is 1. The number of nitrogens with zero attached hydrogens (tertiary/aromatic N) is 1. The zero-order valence-electron chi connectivity index (χ0n) is 10.4. The molecule has 1 aromatic carbocycles. The molecule has 0 aliphatic carbocycles. The summed E-state index contributed by atoms with van der Waals surface area (Å²) < 4.78 is 0. The predicted molar refractivity (Wildman–Crippen MR) is 69.7 cm³/mol. The first kappa shape index (κ1) is 12.0. The summed E-state index contributed by atoms with van der Waals surface area (Å²) in [5.41, 5.74) is 7.86. The van der Waals surface area contributed by atoms with Crippen LogP contribution in [0.2, 0.25) is 0 Å². The summed E-state index contributed by atoms with van der Waals surface area (Å²) in [5.74, 6) is 0.748. The Hall–Kier alpha value is -1.51. The Balaban J connectivity index is 2.00. The van der Waals surface area contributed by atoms with Crippen molar-refractivity contribution in [1.29, 1.82) is 0 Å². The minimum absolute atomic E-state index is 0.291. The van der Waals surface area contributed by atoms with Gasteiger partial charge in [0.25, 0.3) is 0 Å². The van der Waals surface area contributed by atoms with Gasteiger partial charge < -0.3 is 10.6 Å². The van der Waals surface area contributed by atoms with Crippen LogP contribution < -0.4 is 5.73 Å². The molecule has 1 aliphatic heterocycles. The summed E-state index contributed by atoms with van der Waals surface area (Å²) in [7, 11) is 0. The molecule has 1 heterocycles. The van der Waals surface area contributed by atoms with E-state index in [1.54, 1.807) is 0 Å².